The van der Waals surface area contributed by atoms with E-state index >= 15 is 0 Å². The number of hydrogen-bond acceptors (Lipinski definition) is 3. The third-order valence-electron chi connectivity index (χ3n) is 3.92. The van der Waals surface area contributed by atoms with Crippen molar-refractivity contribution < 1.29 is 9.90 Å². The first-order valence-corrected chi connectivity index (χ1v) is 7.38. The van der Waals surface area contributed by atoms with Crippen LogP contribution in [0.1, 0.15) is 39.0 Å². The first-order chi connectivity index (χ1) is 7.62. The Kier molecular flexibility index (Phi) is 3.80. The second-order valence-corrected chi connectivity index (χ2v) is 6.36. The van der Waals surface area contributed by atoms with E-state index in [1.165, 1.54) is 12.8 Å². The van der Waals surface area contributed by atoms with Gasteiger partial charge in [0, 0.05) is 6.04 Å². The standard InChI is InChI=1S/C12H21NO2S/c1-9-3-2-4-10(9)13-11(14)12(15)5-7-16-8-6-12/h9-10,15H,2-8H2,1H3,(H,13,14). The molecule has 0 aromatic carbocycles. The minimum absolute atomic E-state index is 0.133. The molecule has 0 aromatic rings. The second kappa shape index (κ2) is 4.96. The fraction of sp³-hybridized carbons (Fsp3) is 0.917. The van der Waals surface area contributed by atoms with E-state index in [-0.39, 0.29) is 11.9 Å². The van der Waals surface area contributed by atoms with Gasteiger partial charge in [-0.05, 0) is 43.1 Å². The molecular formula is C12H21NO2S. The molecule has 0 bridgehead atoms. The number of carbonyl (C=O) groups excluding carboxylic acids is 1. The van der Waals surface area contributed by atoms with E-state index in [0.717, 1.165) is 17.9 Å². The molecule has 4 heteroatoms. The summed E-state index contributed by atoms with van der Waals surface area (Å²) >= 11 is 1.82. The van der Waals surface area contributed by atoms with Crippen molar-refractivity contribution in [3.63, 3.8) is 0 Å². The van der Waals surface area contributed by atoms with E-state index in [0.29, 0.717) is 18.8 Å². The molecule has 1 heterocycles. The topological polar surface area (TPSA) is 49.3 Å². The van der Waals surface area contributed by atoms with Gasteiger partial charge in [-0.2, -0.15) is 11.8 Å². The Labute approximate surface area is 101 Å². The van der Waals surface area contributed by atoms with Crippen LogP contribution in [-0.2, 0) is 4.79 Å². The molecule has 2 aliphatic rings. The number of amides is 1. The van der Waals surface area contributed by atoms with Gasteiger partial charge in [-0.3, -0.25) is 4.79 Å². The molecule has 0 radical (unpaired) electrons. The molecular weight excluding hydrogens is 222 g/mol. The van der Waals surface area contributed by atoms with Gasteiger partial charge in [0.15, 0.2) is 0 Å². The summed E-state index contributed by atoms with van der Waals surface area (Å²) < 4.78 is 0. The van der Waals surface area contributed by atoms with E-state index < -0.39 is 5.60 Å². The summed E-state index contributed by atoms with van der Waals surface area (Å²) in [5.74, 6) is 2.21. The smallest absolute Gasteiger partial charge is 0.252 e. The Bertz CT molecular complexity index is 264. The van der Waals surface area contributed by atoms with Crippen molar-refractivity contribution in [1.29, 1.82) is 0 Å². The lowest BCUT2D eigenvalue weighted by molar-refractivity contribution is -0.141. The second-order valence-electron chi connectivity index (χ2n) is 5.13. The predicted octanol–water partition coefficient (Wildman–Crippen LogP) is 1.55. The van der Waals surface area contributed by atoms with Crippen molar-refractivity contribution in [3.05, 3.63) is 0 Å². The maximum absolute atomic E-state index is 12.1. The molecule has 1 amide bonds. The fourth-order valence-electron chi connectivity index (χ4n) is 2.60. The highest BCUT2D eigenvalue weighted by molar-refractivity contribution is 7.99. The van der Waals surface area contributed by atoms with Gasteiger partial charge in [-0.1, -0.05) is 13.3 Å². The minimum atomic E-state index is -1.09. The zero-order chi connectivity index (χ0) is 11.6. The molecule has 1 aliphatic carbocycles. The molecule has 2 fully saturated rings. The van der Waals surface area contributed by atoms with Crippen molar-refractivity contribution in [1.82, 2.24) is 5.32 Å². The normalized spacial score (nSPS) is 33.6. The molecule has 0 aromatic heterocycles. The highest BCUT2D eigenvalue weighted by Crippen LogP contribution is 2.29. The molecule has 92 valence electrons. The zero-order valence-corrected chi connectivity index (χ0v) is 10.7. The summed E-state index contributed by atoms with van der Waals surface area (Å²) in [6.07, 6.45) is 4.66. The highest BCUT2D eigenvalue weighted by atomic mass is 32.2. The SMILES string of the molecule is CC1CCCC1NC(=O)C1(O)CCSCC1. The Morgan fingerprint density at radius 3 is 2.62 bits per heavy atom. The predicted molar refractivity (Wildman–Crippen MR) is 66.5 cm³/mol. The highest BCUT2D eigenvalue weighted by Gasteiger charge is 2.39. The monoisotopic (exact) mass is 243 g/mol. The molecule has 1 saturated carbocycles. The van der Waals surface area contributed by atoms with Crippen LogP contribution in [0, 0.1) is 5.92 Å². The van der Waals surface area contributed by atoms with Crippen molar-refractivity contribution in [2.75, 3.05) is 11.5 Å². The van der Waals surface area contributed by atoms with Gasteiger partial charge >= 0.3 is 0 Å². The molecule has 0 spiro atoms. The van der Waals surface area contributed by atoms with Gasteiger partial charge < -0.3 is 10.4 Å². The van der Waals surface area contributed by atoms with Crippen LogP contribution in [-0.4, -0.2) is 34.2 Å². The van der Waals surface area contributed by atoms with Crippen LogP contribution in [0.4, 0.5) is 0 Å². The van der Waals surface area contributed by atoms with Crippen molar-refractivity contribution >= 4 is 17.7 Å². The lowest BCUT2D eigenvalue weighted by Gasteiger charge is -2.32. The number of nitrogens with one attached hydrogen (secondary N) is 1. The maximum Gasteiger partial charge on any atom is 0.252 e. The summed E-state index contributed by atoms with van der Waals surface area (Å²) in [7, 11) is 0. The van der Waals surface area contributed by atoms with E-state index in [1.54, 1.807) is 0 Å². The van der Waals surface area contributed by atoms with Crippen molar-refractivity contribution in [2.45, 2.75) is 50.7 Å². The third kappa shape index (κ3) is 2.54. The average molecular weight is 243 g/mol. The van der Waals surface area contributed by atoms with Gasteiger partial charge in [-0.15, -0.1) is 0 Å². The van der Waals surface area contributed by atoms with E-state index in [2.05, 4.69) is 12.2 Å². The van der Waals surface area contributed by atoms with E-state index in [4.69, 9.17) is 0 Å². The lowest BCUT2D eigenvalue weighted by Crippen LogP contribution is -2.52. The molecule has 2 rings (SSSR count). The number of thioether (sulfide) groups is 1. The summed E-state index contributed by atoms with van der Waals surface area (Å²) in [5, 5.41) is 13.3. The lowest BCUT2D eigenvalue weighted by atomic mass is 9.94. The Morgan fingerprint density at radius 1 is 1.38 bits per heavy atom. The van der Waals surface area contributed by atoms with E-state index in [9.17, 15) is 9.90 Å². The van der Waals surface area contributed by atoms with Gasteiger partial charge in [-0.25, -0.2) is 0 Å². The summed E-state index contributed by atoms with van der Waals surface area (Å²) in [6, 6.07) is 0.283. The van der Waals surface area contributed by atoms with Crippen LogP contribution in [0.5, 0.6) is 0 Å². The van der Waals surface area contributed by atoms with Crippen LogP contribution in [0.3, 0.4) is 0 Å². The molecule has 16 heavy (non-hydrogen) atoms. The average Bonchev–Trinajstić information content (AvgIpc) is 2.65. The summed E-state index contributed by atoms with van der Waals surface area (Å²) in [6.45, 7) is 2.18. The van der Waals surface area contributed by atoms with Crippen molar-refractivity contribution in [2.24, 2.45) is 5.92 Å². The molecule has 2 unspecified atom stereocenters. The van der Waals surface area contributed by atoms with Crippen LogP contribution in [0.15, 0.2) is 0 Å². The first-order valence-electron chi connectivity index (χ1n) is 6.23. The number of aliphatic hydroxyl groups is 1. The Balaban J connectivity index is 1.91. The maximum atomic E-state index is 12.1. The first kappa shape index (κ1) is 12.2. The number of hydrogen-bond donors (Lipinski definition) is 2. The Hall–Kier alpha value is -0.220. The van der Waals surface area contributed by atoms with Gasteiger partial charge in [0.05, 0.1) is 0 Å². The fourth-order valence-corrected chi connectivity index (χ4v) is 3.77. The molecule has 2 atom stereocenters. The van der Waals surface area contributed by atoms with Gasteiger partial charge in [0.2, 0.25) is 0 Å². The van der Waals surface area contributed by atoms with Crippen LogP contribution < -0.4 is 5.32 Å². The van der Waals surface area contributed by atoms with Crippen LogP contribution >= 0.6 is 11.8 Å². The summed E-state index contributed by atoms with van der Waals surface area (Å²) in [4.78, 5) is 12.1. The van der Waals surface area contributed by atoms with Gasteiger partial charge in [0.1, 0.15) is 5.60 Å². The van der Waals surface area contributed by atoms with Gasteiger partial charge in [0.25, 0.3) is 5.91 Å². The molecule has 1 saturated heterocycles. The largest absolute Gasteiger partial charge is 0.380 e. The number of carbonyl (C=O) groups is 1. The summed E-state index contributed by atoms with van der Waals surface area (Å²) in [5.41, 5.74) is -1.09. The van der Waals surface area contributed by atoms with Crippen molar-refractivity contribution in [3.8, 4) is 0 Å². The molecule has 1 aliphatic heterocycles. The molecule has 3 nitrogen and oxygen atoms in total. The zero-order valence-electron chi connectivity index (χ0n) is 9.87. The molecule has 2 N–H and O–H groups in total. The van der Waals surface area contributed by atoms with Crippen LogP contribution in [0.2, 0.25) is 0 Å². The minimum Gasteiger partial charge on any atom is -0.380 e. The third-order valence-corrected chi connectivity index (χ3v) is 4.91. The Morgan fingerprint density at radius 2 is 2.06 bits per heavy atom. The van der Waals surface area contributed by atoms with E-state index in [1.807, 2.05) is 11.8 Å². The number of rotatable bonds is 2. The van der Waals surface area contributed by atoms with Crippen LogP contribution in [0.25, 0.3) is 0 Å². The quantitative estimate of drug-likeness (QED) is 0.773.